The smallest absolute Gasteiger partial charge is 0.271 e. The van der Waals surface area contributed by atoms with Crippen LogP contribution in [0.3, 0.4) is 0 Å². The van der Waals surface area contributed by atoms with Gasteiger partial charge in [0.15, 0.2) is 17.2 Å². The van der Waals surface area contributed by atoms with Crippen LogP contribution in [-0.2, 0) is 0 Å². The predicted molar refractivity (Wildman–Crippen MR) is 107 cm³/mol. The number of aromatic hydroxyl groups is 1. The Bertz CT molecular complexity index is 817. The first-order chi connectivity index (χ1) is 13.0. The minimum atomic E-state index is -0.412. The van der Waals surface area contributed by atoms with Gasteiger partial charge in [-0.3, -0.25) is 4.79 Å². The Labute approximate surface area is 167 Å². The predicted octanol–water partition coefficient (Wildman–Crippen LogP) is 4.65. The van der Waals surface area contributed by atoms with Gasteiger partial charge in [0.25, 0.3) is 5.91 Å². The number of nitrogens with one attached hydrogen (secondary N) is 1. The highest BCUT2D eigenvalue weighted by molar-refractivity contribution is 6.37. The third-order valence-corrected chi connectivity index (χ3v) is 3.96. The molecule has 2 aromatic carbocycles. The molecule has 0 aromatic heterocycles. The Hall–Kier alpha value is -2.44. The second-order valence-corrected chi connectivity index (χ2v) is 6.29. The van der Waals surface area contributed by atoms with Crippen LogP contribution in [0.4, 0.5) is 0 Å². The van der Waals surface area contributed by atoms with Crippen LogP contribution in [0.25, 0.3) is 0 Å². The molecule has 0 aliphatic heterocycles. The van der Waals surface area contributed by atoms with Gasteiger partial charge in [-0.1, -0.05) is 30.1 Å². The van der Waals surface area contributed by atoms with E-state index >= 15 is 0 Å². The number of hydrazone groups is 1. The lowest BCUT2D eigenvalue weighted by molar-refractivity contribution is 0.0954. The summed E-state index contributed by atoms with van der Waals surface area (Å²) >= 11 is 11.7. The van der Waals surface area contributed by atoms with Crippen LogP contribution in [-0.4, -0.2) is 30.4 Å². The topological polar surface area (TPSA) is 80.2 Å². The monoisotopic (exact) mass is 410 g/mol. The number of carbonyl (C=O) groups excluding carboxylic acids is 1. The summed E-state index contributed by atoms with van der Waals surface area (Å²) in [6, 6.07) is 7.88. The SMILES string of the molecule is CCCOc1ccc(C(=O)N/N=C/c2cc(Cl)c(O)c(Cl)c2)cc1OCC. The summed E-state index contributed by atoms with van der Waals surface area (Å²) in [6.45, 7) is 4.88. The average molecular weight is 411 g/mol. The molecular formula is C19H20Cl2N2O4. The largest absolute Gasteiger partial charge is 0.505 e. The van der Waals surface area contributed by atoms with Crippen molar-refractivity contribution < 1.29 is 19.4 Å². The second-order valence-electron chi connectivity index (χ2n) is 5.48. The lowest BCUT2D eigenvalue weighted by Gasteiger charge is -2.12. The summed E-state index contributed by atoms with van der Waals surface area (Å²) in [5.74, 6) is 0.477. The molecule has 1 amide bonds. The summed E-state index contributed by atoms with van der Waals surface area (Å²) in [5, 5.41) is 13.6. The van der Waals surface area contributed by atoms with Crippen molar-refractivity contribution in [3.63, 3.8) is 0 Å². The van der Waals surface area contributed by atoms with Crippen molar-refractivity contribution in [2.45, 2.75) is 20.3 Å². The lowest BCUT2D eigenvalue weighted by Crippen LogP contribution is -2.17. The van der Waals surface area contributed by atoms with Gasteiger partial charge in [-0.15, -0.1) is 0 Å². The Morgan fingerprint density at radius 1 is 1.15 bits per heavy atom. The van der Waals surface area contributed by atoms with E-state index in [1.165, 1.54) is 18.3 Å². The molecule has 0 fully saturated rings. The fourth-order valence-electron chi connectivity index (χ4n) is 2.14. The van der Waals surface area contributed by atoms with Gasteiger partial charge in [0.2, 0.25) is 0 Å². The zero-order valence-corrected chi connectivity index (χ0v) is 16.5. The van der Waals surface area contributed by atoms with E-state index in [0.717, 1.165) is 6.42 Å². The maximum atomic E-state index is 12.3. The highest BCUT2D eigenvalue weighted by Gasteiger charge is 2.11. The molecule has 27 heavy (non-hydrogen) atoms. The van der Waals surface area contributed by atoms with Crippen LogP contribution in [0.5, 0.6) is 17.2 Å². The molecule has 0 unspecified atom stereocenters. The molecule has 0 spiro atoms. The molecule has 2 N–H and O–H groups in total. The summed E-state index contributed by atoms with van der Waals surface area (Å²) < 4.78 is 11.2. The fourth-order valence-corrected chi connectivity index (χ4v) is 2.64. The highest BCUT2D eigenvalue weighted by Crippen LogP contribution is 2.32. The zero-order valence-electron chi connectivity index (χ0n) is 15.0. The van der Waals surface area contributed by atoms with Crippen LogP contribution in [0, 0.1) is 0 Å². The number of halogens is 2. The number of nitrogens with zero attached hydrogens (tertiary/aromatic N) is 1. The molecule has 8 heteroatoms. The average Bonchev–Trinajstić information content (AvgIpc) is 2.65. The van der Waals surface area contributed by atoms with Gasteiger partial charge in [-0.25, -0.2) is 5.43 Å². The standard InChI is InChI=1S/C19H20Cl2N2O4/c1-3-7-27-16-6-5-13(10-17(16)26-4-2)19(25)23-22-11-12-8-14(20)18(24)15(21)9-12/h5-6,8-11,24H,3-4,7H2,1-2H3,(H,23,25)/b22-11+. The minimum absolute atomic E-state index is 0.0966. The lowest BCUT2D eigenvalue weighted by atomic mass is 10.2. The fraction of sp³-hybridized carbons (Fsp3) is 0.263. The van der Waals surface area contributed by atoms with Crippen LogP contribution < -0.4 is 14.9 Å². The molecule has 0 atom stereocenters. The van der Waals surface area contributed by atoms with E-state index in [9.17, 15) is 9.90 Å². The molecule has 2 aromatic rings. The highest BCUT2D eigenvalue weighted by atomic mass is 35.5. The number of amides is 1. The summed E-state index contributed by atoms with van der Waals surface area (Å²) in [5.41, 5.74) is 3.32. The first-order valence-electron chi connectivity index (χ1n) is 8.37. The molecule has 0 bridgehead atoms. The number of phenolic OH excluding ortho intramolecular Hbond substituents is 1. The van der Waals surface area contributed by atoms with E-state index in [-0.39, 0.29) is 15.8 Å². The van der Waals surface area contributed by atoms with Gasteiger partial charge in [-0.2, -0.15) is 5.10 Å². The number of rotatable bonds is 8. The quantitative estimate of drug-likeness (QED) is 0.490. The van der Waals surface area contributed by atoms with E-state index < -0.39 is 5.91 Å². The van der Waals surface area contributed by atoms with Crippen molar-refractivity contribution in [3.05, 3.63) is 51.5 Å². The first kappa shape index (κ1) is 20.9. The number of benzene rings is 2. The molecular weight excluding hydrogens is 391 g/mol. The van der Waals surface area contributed by atoms with Crippen molar-refractivity contribution in [2.24, 2.45) is 5.10 Å². The number of carbonyl (C=O) groups is 1. The van der Waals surface area contributed by atoms with E-state index in [2.05, 4.69) is 10.5 Å². The van der Waals surface area contributed by atoms with Crippen LogP contribution in [0.1, 0.15) is 36.2 Å². The van der Waals surface area contributed by atoms with Gasteiger partial charge >= 0.3 is 0 Å². The molecule has 0 aliphatic rings. The maximum absolute atomic E-state index is 12.3. The van der Waals surface area contributed by atoms with E-state index in [1.54, 1.807) is 18.2 Å². The van der Waals surface area contributed by atoms with E-state index in [4.69, 9.17) is 32.7 Å². The molecule has 2 rings (SSSR count). The van der Waals surface area contributed by atoms with Crippen LogP contribution in [0.15, 0.2) is 35.4 Å². The van der Waals surface area contributed by atoms with Gasteiger partial charge in [0.05, 0.1) is 29.5 Å². The second kappa shape index (κ2) is 10.0. The molecule has 144 valence electrons. The number of phenols is 1. The summed E-state index contributed by atoms with van der Waals surface area (Å²) in [4.78, 5) is 12.3. The molecule has 0 aliphatic carbocycles. The Balaban J connectivity index is 2.10. The van der Waals surface area contributed by atoms with Gasteiger partial charge in [-0.05, 0) is 49.2 Å². The maximum Gasteiger partial charge on any atom is 0.271 e. The van der Waals surface area contributed by atoms with Crippen molar-refractivity contribution in [1.29, 1.82) is 0 Å². The van der Waals surface area contributed by atoms with E-state index in [1.807, 2.05) is 13.8 Å². The van der Waals surface area contributed by atoms with Gasteiger partial charge in [0, 0.05) is 5.56 Å². The van der Waals surface area contributed by atoms with Gasteiger partial charge < -0.3 is 14.6 Å². The first-order valence-corrected chi connectivity index (χ1v) is 9.12. The van der Waals surface area contributed by atoms with E-state index in [0.29, 0.717) is 35.8 Å². The van der Waals surface area contributed by atoms with Crippen molar-refractivity contribution in [1.82, 2.24) is 5.43 Å². The molecule has 0 heterocycles. The van der Waals surface area contributed by atoms with Crippen molar-refractivity contribution in [3.8, 4) is 17.2 Å². The molecule has 6 nitrogen and oxygen atoms in total. The number of ether oxygens (including phenoxy) is 2. The minimum Gasteiger partial charge on any atom is -0.505 e. The molecule has 0 saturated carbocycles. The van der Waals surface area contributed by atoms with Crippen LogP contribution >= 0.6 is 23.2 Å². The Morgan fingerprint density at radius 2 is 1.85 bits per heavy atom. The Kier molecular flexibility index (Phi) is 7.76. The molecule has 0 radical (unpaired) electrons. The zero-order chi connectivity index (χ0) is 19.8. The normalized spacial score (nSPS) is 10.8. The van der Waals surface area contributed by atoms with Crippen molar-refractivity contribution in [2.75, 3.05) is 13.2 Å². The van der Waals surface area contributed by atoms with Crippen LogP contribution in [0.2, 0.25) is 10.0 Å². The number of hydrogen-bond acceptors (Lipinski definition) is 5. The third-order valence-electron chi connectivity index (χ3n) is 3.39. The summed E-state index contributed by atoms with van der Waals surface area (Å²) in [7, 11) is 0. The Morgan fingerprint density at radius 3 is 2.48 bits per heavy atom. The molecule has 0 saturated heterocycles. The third kappa shape index (κ3) is 5.77. The number of hydrogen-bond donors (Lipinski definition) is 2. The summed E-state index contributed by atoms with van der Waals surface area (Å²) in [6.07, 6.45) is 2.24. The van der Waals surface area contributed by atoms with Gasteiger partial charge in [0.1, 0.15) is 0 Å². The van der Waals surface area contributed by atoms with Crippen molar-refractivity contribution >= 4 is 35.3 Å².